The van der Waals surface area contributed by atoms with Crippen molar-refractivity contribution in [1.29, 1.82) is 0 Å². The van der Waals surface area contributed by atoms with Crippen molar-refractivity contribution in [3.8, 4) is 11.6 Å². The highest BCUT2D eigenvalue weighted by Gasteiger charge is 2.24. The number of anilines is 1. The van der Waals surface area contributed by atoms with Gasteiger partial charge in [0.25, 0.3) is 0 Å². The van der Waals surface area contributed by atoms with Crippen molar-refractivity contribution in [3.05, 3.63) is 44.8 Å². The van der Waals surface area contributed by atoms with Crippen LogP contribution >= 0.6 is 11.6 Å². The zero-order valence-corrected chi connectivity index (χ0v) is 10.9. The second-order valence-electron chi connectivity index (χ2n) is 3.73. The fourth-order valence-corrected chi connectivity index (χ4v) is 1.68. The number of benzene rings is 1. The first-order chi connectivity index (χ1) is 9.40. The molecular weight excluding hydrogens is 291 g/mol. The van der Waals surface area contributed by atoms with Crippen LogP contribution < -0.4 is 10.5 Å². The number of halogens is 2. The van der Waals surface area contributed by atoms with Gasteiger partial charge in [-0.1, -0.05) is 17.7 Å². The first-order valence-corrected chi connectivity index (χ1v) is 5.68. The molecule has 0 aliphatic heterocycles. The lowest BCUT2D eigenvalue weighted by Gasteiger charge is -2.08. The van der Waals surface area contributed by atoms with Crippen LogP contribution in [-0.4, -0.2) is 14.9 Å². The van der Waals surface area contributed by atoms with Crippen LogP contribution in [0.3, 0.4) is 0 Å². The fourth-order valence-electron chi connectivity index (χ4n) is 1.51. The average Bonchev–Trinajstić information content (AvgIpc) is 2.33. The highest BCUT2D eigenvalue weighted by molar-refractivity contribution is 6.30. The van der Waals surface area contributed by atoms with Crippen LogP contribution in [-0.2, 0) is 0 Å². The molecule has 2 N–H and O–H groups in total. The van der Waals surface area contributed by atoms with E-state index in [2.05, 4.69) is 9.97 Å². The number of hydrogen-bond donors (Lipinski definition) is 1. The minimum absolute atomic E-state index is 0.0138. The van der Waals surface area contributed by atoms with E-state index in [-0.39, 0.29) is 22.4 Å². The normalized spacial score (nSPS) is 10.3. The van der Waals surface area contributed by atoms with E-state index in [1.54, 1.807) is 0 Å². The first-order valence-electron chi connectivity index (χ1n) is 5.30. The zero-order chi connectivity index (χ0) is 14.9. The van der Waals surface area contributed by atoms with Crippen LogP contribution in [0.2, 0.25) is 5.02 Å². The second-order valence-corrected chi connectivity index (χ2v) is 4.14. The number of nitro groups is 1. The Balaban J connectivity index is 2.53. The molecule has 0 radical (unpaired) electrons. The summed E-state index contributed by atoms with van der Waals surface area (Å²) in [4.78, 5) is 17.5. The van der Waals surface area contributed by atoms with Crippen LogP contribution in [0.4, 0.5) is 16.0 Å². The van der Waals surface area contributed by atoms with E-state index in [1.807, 2.05) is 0 Å². The SMILES string of the molecule is Cc1nc(N)nc(Oc2cccc(Cl)c2F)c1[N+](=O)[O-]. The number of aryl methyl sites for hydroxylation is 1. The Hall–Kier alpha value is -2.48. The second kappa shape index (κ2) is 5.25. The van der Waals surface area contributed by atoms with Gasteiger partial charge in [0.1, 0.15) is 5.69 Å². The molecule has 9 heteroatoms. The maximum atomic E-state index is 13.7. The van der Waals surface area contributed by atoms with Crippen molar-refractivity contribution in [2.45, 2.75) is 6.92 Å². The monoisotopic (exact) mass is 298 g/mol. The Bertz CT molecular complexity index is 696. The predicted octanol–water partition coefficient (Wildman–Crippen LogP) is 2.86. The Labute approximate surface area is 117 Å². The van der Waals surface area contributed by atoms with E-state index in [9.17, 15) is 14.5 Å². The number of nitrogens with zero attached hydrogens (tertiary/aromatic N) is 3. The third kappa shape index (κ3) is 2.59. The smallest absolute Gasteiger partial charge is 0.352 e. The van der Waals surface area contributed by atoms with Crippen LogP contribution in [0, 0.1) is 22.9 Å². The number of rotatable bonds is 3. The van der Waals surface area contributed by atoms with Gasteiger partial charge in [-0.25, -0.2) is 9.37 Å². The molecule has 104 valence electrons. The van der Waals surface area contributed by atoms with Gasteiger partial charge in [-0.15, -0.1) is 0 Å². The molecule has 0 bridgehead atoms. The molecule has 2 rings (SSSR count). The van der Waals surface area contributed by atoms with Crippen LogP contribution in [0.25, 0.3) is 0 Å². The molecule has 0 saturated carbocycles. The van der Waals surface area contributed by atoms with Crippen molar-refractivity contribution in [1.82, 2.24) is 9.97 Å². The van der Waals surface area contributed by atoms with Crippen LogP contribution in [0.1, 0.15) is 5.69 Å². The number of hydrogen-bond acceptors (Lipinski definition) is 6. The van der Waals surface area contributed by atoms with Crippen molar-refractivity contribution in [3.63, 3.8) is 0 Å². The van der Waals surface area contributed by atoms with Crippen molar-refractivity contribution >= 4 is 23.2 Å². The molecule has 1 aromatic carbocycles. The molecule has 2 aromatic rings. The number of ether oxygens (including phenoxy) is 1. The molecule has 7 nitrogen and oxygen atoms in total. The summed E-state index contributed by atoms with van der Waals surface area (Å²) >= 11 is 5.60. The molecule has 0 atom stereocenters. The highest BCUT2D eigenvalue weighted by atomic mass is 35.5. The van der Waals surface area contributed by atoms with E-state index < -0.39 is 22.3 Å². The Morgan fingerprint density at radius 3 is 2.80 bits per heavy atom. The van der Waals surface area contributed by atoms with E-state index in [0.717, 1.165) is 0 Å². The van der Waals surface area contributed by atoms with E-state index >= 15 is 0 Å². The molecule has 0 spiro atoms. The third-order valence-electron chi connectivity index (χ3n) is 2.35. The third-order valence-corrected chi connectivity index (χ3v) is 2.64. The molecule has 0 unspecified atom stereocenters. The summed E-state index contributed by atoms with van der Waals surface area (Å²) in [5.41, 5.74) is 4.93. The van der Waals surface area contributed by atoms with E-state index in [0.29, 0.717) is 0 Å². The number of nitrogen functional groups attached to an aromatic ring is 1. The lowest BCUT2D eigenvalue weighted by atomic mass is 10.3. The topological polar surface area (TPSA) is 104 Å². The van der Waals surface area contributed by atoms with Gasteiger partial charge in [0.2, 0.25) is 5.95 Å². The number of nitrogens with two attached hydrogens (primary N) is 1. The summed E-state index contributed by atoms with van der Waals surface area (Å²) in [6, 6.07) is 4.01. The van der Waals surface area contributed by atoms with Crippen LogP contribution in [0.5, 0.6) is 11.6 Å². The minimum atomic E-state index is -0.849. The van der Waals surface area contributed by atoms with Gasteiger partial charge < -0.3 is 10.5 Å². The van der Waals surface area contributed by atoms with Gasteiger partial charge in [-0.2, -0.15) is 4.98 Å². The summed E-state index contributed by atoms with van der Waals surface area (Å²) in [5.74, 6) is -1.80. The van der Waals surface area contributed by atoms with Gasteiger partial charge in [0, 0.05) is 0 Å². The van der Waals surface area contributed by atoms with Crippen molar-refractivity contribution in [2.24, 2.45) is 0 Å². The maximum absolute atomic E-state index is 13.7. The maximum Gasteiger partial charge on any atom is 0.352 e. The van der Waals surface area contributed by atoms with Crippen molar-refractivity contribution < 1.29 is 14.1 Å². The highest BCUT2D eigenvalue weighted by Crippen LogP contribution is 2.34. The number of aromatic nitrogens is 2. The average molecular weight is 299 g/mol. The zero-order valence-electron chi connectivity index (χ0n) is 10.1. The van der Waals surface area contributed by atoms with Gasteiger partial charge in [-0.3, -0.25) is 10.1 Å². The van der Waals surface area contributed by atoms with Gasteiger partial charge in [0.05, 0.1) is 9.95 Å². The van der Waals surface area contributed by atoms with Crippen LogP contribution in [0.15, 0.2) is 18.2 Å². The minimum Gasteiger partial charge on any atom is -0.430 e. The predicted molar refractivity (Wildman–Crippen MR) is 69.3 cm³/mol. The summed E-state index contributed by atoms with van der Waals surface area (Å²) in [6.07, 6.45) is 0. The molecule has 20 heavy (non-hydrogen) atoms. The lowest BCUT2D eigenvalue weighted by molar-refractivity contribution is -0.386. The van der Waals surface area contributed by atoms with Gasteiger partial charge in [0.15, 0.2) is 11.6 Å². The summed E-state index contributed by atoms with van der Waals surface area (Å²) in [6.45, 7) is 1.37. The molecule has 0 aliphatic carbocycles. The summed E-state index contributed by atoms with van der Waals surface area (Å²) in [7, 11) is 0. The Morgan fingerprint density at radius 1 is 1.45 bits per heavy atom. The van der Waals surface area contributed by atoms with E-state index in [4.69, 9.17) is 22.1 Å². The summed E-state index contributed by atoms with van der Waals surface area (Å²) < 4.78 is 18.8. The van der Waals surface area contributed by atoms with Crippen molar-refractivity contribution in [2.75, 3.05) is 5.73 Å². The fraction of sp³-hybridized carbons (Fsp3) is 0.0909. The van der Waals surface area contributed by atoms with E-state index in [1.165, 1.54) is 25.1 Å². The quantitative estimate of drug-likeness (QED) is 0.690. The molecule has 1 aromatic heterocycles. The molecule has 0 fully saturated rings. The molecule has 0 aliphatic rings. The Morgan fingerprint density at radius 2 is 2.15 bits per heavy atom. The molecule has 0 amide bonds. The van der Waals surface area contributed by atoms with Gasteiger partial charge >= 0.3 is 11.6 Å². The largest absolute Gasteiger partial charge is 0.430 e. The molecule has 0 saturated heterocycles. The lowest BCUT2D eigenvalue weighted by Crippen LogP contribution is -2.05. The molecular formula is C11H8ClFN4O3. The van der Waals surface area contributed by atoms with Gasteiger partial charge in [-0.05, 0) is 19.1 Å². The molecule has 1 heterocycles. The Kier molecular flexibility index (Phi) is 3.66. The first kappa shape index (κ1) is 13.9. The summed E-state index contributed by atoms with van der Waals surface area (Å²) in [5, 5.41) is 10.8. The standard InChI is InChI=1S/C11H8ClFN4O3/c1-5-9(17(18)19)10(16-11(14)15-5)20-7-4-2-3-6(12)8(7)13/h2-4H,1H3,(H2,14,15,16).